The molecule has 2 heteroatoms. The predicted octanol–water partition coefficient (Wildman–Crippen LogP) is 4.74. The van der Waals surface area contributed by atoms with Crippen molar-refractivity contribution in [3.63, 3.8) is 0 Å². The lowest BCUT2D eigenvalue weighted by atomic mass is 9.97. The topological polar surface area (TPSA) is 26.0 Å². The van der Waals surface area contributed by atoms with Gasteiger partial charge in [0.05, 0.1) is 5.69 Å². The van der Waals surface area contributed by atoms with Crippen LogP contribution in [0.15, 0.2) is 72.8 Å². The van der Waals surface area contributed by atoms with Crippen LogP contribution in [0.3, 0.4) is 0 Å². The van der Waals surface area contributed by atoms with Gasteiger partial charge < -0.3 is 5.73 Å². The maximum Gasteiger partial charge on any atom is 0.147 e. The van der Waals surface area contributed by atoms with Crippen molar-refractivity contribution >= 4 is 5.69 Å². The van der Waals surface area contributed by atoms with Crippen molar-refractivity contribution in [2.45, 2.75) is 0 Å². The van der Waals surface area contributed by atoms with Crippen molar-refractivity contribution in [1.82, 2.24) is 0 Å². The Morgan fingerprint density at radius 1 is 0.650 bits per heavy atom. The van der Waals surface area contributed by atoms with E-state index in [4.69, 9.17) is 5.73 Å². The van der Waals surface area contributed by atoms with Crippen LogP contribution in [-0.2, 0) is 0 Å². The van der Waals surface area contributed by atoms with E-state index in [1.54, 1.807) is 0 Å². The molecule has 0 radical (unpaired) electrons. The van der Waals surface area contributed by atoms with Gasteiger partial charge in [0.2, 0.25) is 0 Å². The van der Waals surface area contributed by atoms with Gasteiger partial charge in [-0.2, -0.15) is 0 Å². The van der Waals surface area contributed by atoms with E-state index in [-0.39, 0.29) is 11.5 Å². The van der Waals surface area contributed by atoms with Crippen LogP contribution in [-0.4, -0.2) is 0 Å². The molecule has 98 valence electrons. The molecule has 0 aromatic heterocycles. The summed E-state index contributed by atoms with van der Waals surface area (Å²) in [6, 6.07) is 22.8. The standard InChI is InChI=1S/C18H14FN/c19-17-12-15(13-7-3-1-4-8-13)11-16(18(17)20)14-9-5-2-6-10-14/h1-12H,20H2. The quantitative estimate of drug-likeness (QED) is 0.664. The minimum Gasteiger partial charge on any atom is -0.396 e. The normalized spacial score (nSPS) is 10.4. The molecule has 3 aromatic carbocycles. The first kappa shape index (κ1) is 12.4. The lowest BCUT2D eigenvalue weighted by Gasteiger charge is -2.10. The van der Waals surface area contributed by atoms with Gasteiger partial charge in [-0.15, -0.1) is 0 Å². The van der Waals surface area contributed by atoms with Gasteiger partial charge in [-0.25, -0.2) is 4.39 Å². The van der Waals surface area contributed by atoms with Crippen LogP contribution in [0.25, 0.3) is 22.3 Å². The number of nitrogen functional groups attached to an aromatic ring is 1. The van der Waals surface area contributed by atoms with Crippen LogP contribution >= 0.6 is 0 Å². The van der Waals surface area contributed by atoms with E-state index in [1.807, 2.05) is 66.7 Å². The summed E-state index contributed by atoms with van der Waals surface area (Å²) in [4.78, 5) is 0. The summed E-state index contributed by atoms with van der Waals surface area (Å²) in [5, 5.41) is 0. The van der Waals surface area contributed by atoms with E-state index in [9.17, 15) is 4.39 Å². The van der Waals surface area contributed by atoms with Crippen LogP contribution in [0.1, 0.15) is 0 Å². The molecule has 0 aliphatic heterocycles. The van der Waals surface area contributed by atoms with Crippen molar-refractivity contribution in [2.75, 3.05) is 5.73 Å². The number of halogens is 1. The highest BCUT2D eigenvalue weighted by atomic mass is 19.1. The lowest BCUT2D eigenvalue weighted by molar-refractivity contribution is 0.633. The second-order valence-corrected chi connectivity index (χ2v) is 4.65. The molecule has 0 unspecified atom stereocenters. The molecular formula is C18H14FN. The van der Waals surface area contributed by atoms with E-state index < -0.39 is 0 Å². The summed E-state index contributed by atoms with van der Waals surface area (Å²) in [5.41, 5.74) is 9.53. The fourth-order valence-electron chi connectivity index (χ4n) is 2.27. The number of hydrogen-bond donors (Lipinski definition) is 1. The third-order valence-electron chi connectivity index (χ3n) is 3.32. The molecular weight excluding hydrogens is 249 g/mol. The van der Waals surface area contributed by atoms with E-state index in [0.717, 1.165) is 22.3 Å². The number of nitrogens with two attached hydrogens (primary N) is 1. The van der Waals surface area contributed by atoms with Crippen LogP contribution in [0.5, 0.6) is 0 Å². The Morgan fingerprint density at radius 3 is 1.80 bits per heavy atom. The Balaban J connectivity index is 2.19. The van der Waals surface area contributed by atoms with Crippen molar-refractivity contribution in [2.24, 2.45) is 0 Å². The van der Waals surface area contributed by atoms with Gasteiger partial charge in [0.25, 0.3) is 0 Å². The summed E-state index contributed by atoms with van der Waals surface area (Å²) in [6.07, 6.45) is 0. The highest BCUT2D eigenvalue weighted by Gasteiger charge is 2.10. The van der Waals surface area contributed by atoms with Gasteiger partial charge in [-0.1, -0.05) is 60.7 Å². The molecule has 2 N–H and O–H groups in total. The zero-order chi connectivity index (χ0) is 13.9. The van der Waals surface area contributed by atoms with Crippen LogP contribution in [0.2, 0.25) is 0 Å². The second kappa shape index (κ2) is 5.17. The molecule has 0 amide bonds. The van der Waals surface area contributed by atoms with E-state index in [2.05, 4.69) is 0 Å². The van der Waals surface area contributed by atoms with Gasteiger partial charge in [-0.05, 0) is 28.8 Å². The molecule has 20 heavy (non-hydrogen) atoms. The van der Waals surface area contributed by atoms with Gasteiger partial charge in [0.15, 0.2) is 0 Å². The Kier molecular flexibility index (Phi) is 3.21. The summed E-state index contributed by atoms with van der Waals surface area (Å²) in [5.74, 6) is -0.384. The first-order valence-electron chi connectivity index (χ1n) is 6.45. The predicted molar refractivity (Wildman–Crippen MR) is 81.7 cm³/mol. The van der Waals surface area contributed by atoms with Crippen molar-refractivity contribution in [3.8, 4) is 22.3 Å². The average molecular weight is 263 g/mol. The van der Waals surface area contributed by atoms with E-state index >= 15 is 0 Å². The van der Waals surface area contributed by atoms with Gasteiger partial charge in [0.1, 0.15) is 5.82 Å². The smallest absolute Gasteiger partial charge is 0.147 e. The van der Waals surface area contributed by atoms with Gasteiger partial charge in [-0.3, -0.25) is 0 Å². The summed E-state index contributed by atoms with van der Waals surface area (Å²) >= 11 is 0. The van der Waals surface area contributed by atoms with E-state index in [0.29, 0.717) is 0 Å². The molecule has 0 spiro atoms. The largest absolute Gasteiger partial charge is 0.396 e. The molecule has 0 bridgehead atoms. The maximum absolute atomic E-state index is 14.1. The molecule has 0 atom stereocenters. The monoisotopic (exact) mass is 263 g/mol. The van der Waals surface area contributed by atoms with Crippen molar-refractivity contribution in [3.05, 3.63) is 78.6 Å². The molecule has 0 aliphatic carbocycles. The fourth-order valence-corrected chi connectivity index (χ4v) is 2.27. The Labute approximate surface area is 117 Å². The van der Waals surface area contributed by atoms with Crippen molar-refractivity contribution in [1.29, 1.82) is 0 Å². The lowest BCUT2D eigenvalue weighted by Crippen LogP contribution is -1.95. The molecule has 1 nitrogen and oxygen atoms in total. The molecule has 0 aliphatic rings. The zero-order valence-corrected chi connectivity index (χ0v) is 10.9. The van der Waals surface area contributed by atoms with Crippen LogP contribution in [0.4, 0.5) is 10.1 Å². The van der Waals surface area contributed by atoms with E-state index in [1.165, 1.54) is 6.07 Å². The summed E-state index contributed by atoms with van der Waals surface area (Å²) in [6.45, 7) is 0. The second-order valence-electron chi connectivity index (χ2n) is 4.65. The highest BCUT2D eigenvalue weighted by Crippen LogP contribution is 2.33. The Morgan fingerprint density at radius 2 is 1.20 bits per heavy atom. The van der Waals surface area contributed by atoms with Gasteiger partial charge in [0, 0.05) is 5.56 Å². The summed E-state index contributed by atoms with van der Waals surface area (Å²) < 4.78 is 14.1. The first-order chi connectivity index (χ1) is 9.75. The van der Waals surface area contributed by atoms with Gasteiger partial charge >= 0.3 is 0 Å². The third-order valence-corrected chi connectivity index (χ3v) is 3.32. The first-order valence-corrected chi connectivity index (χ1v) is 6.45. The zero-order valence-electron chi connectivity index (χ0n) is 10.9. The molecule has 0 heterocycles. The molecule has 0 saturated heterocycles. The average Bonchev–Trinajstić information content (AvgIpc) is 2.51. The Hall–Kier alpha value is -2.61. The number of benzene rings is 3. The third kappa shape index (κ3) is 2.28. The Bertz CT molecular complexity index is 721. The molecule has 3 aromatic rings. The SMILES string of the molecule is Nc1c(F)cc(-c2ccccc2)cc1-c1ccccc1. The maximum atomic E-state index is 14.1. The van der Waals surface area contributed by atoms with Crippen LogP contribution < -0.4 is 5.73 Å². The minimum absolute atomic E-state index is 0.191. The molecule has 0 saturated carbocycles. The number of hydrogen-bond acceptors (Lipinski definition) is 1. The highest BCUT2D eigenvalue weighted by molar-refractivity contribution is 5.82. The molecule has 3 rings (SSSR count). The molecule has 0 fully saturated rings. The number of anilines is 1. The fraction of sp³-hybridized carbons (Fsp3) is 0. The summed E-state index contributed by atoms with van der Waals surface area (Å²) in [7, 11) is 0. The minimum atomic E-state index is -0.384. The van der Waals surface area contributed by atoms with Crippen LogP contribution in [0, 0.1) is 5.82 Å². The van der Waals surface area contributed by atoms with Crippen molar-refractivity contribution < 1.29 is 4.39 Å². The number of rotatable bonds is 2.